The highest BCUT2D eigenvalue weighted by Crippen LogP contribution is 2.28. The molecule has 7 heteroatoms. The summed E-state index contributed by atoms with van der Waals surface area (Å²) in [5.41, 5.74) is 3.81. The fraction of sp³-hybridized carbons (Fsp3) is 0.242. The molecule has 0 aliphatic carbocycles. The fourth-order valence-corrected chi connectivity index (χ4v) is 4.25. The van der Waals surface area contributed by atoms with Crippen molar-refractivity contribution in [2.75, 3.05) is 32.7 Å². The lowest BCUT2D eigenvalue weighted by Crippen LogP contribution is -2.36. The van der Waals surface area contributed by atoms with Crippen molar-refractivity contribution in [1.29, 1.82) is 0 Å². The largest absolute Gasteiger partial charge is 0.494 e. The van der Waals surface area contributed by atoms with Crippen LogP contribution in [0, 0.1) is 0 Å². The Morgan fingerprint density at radius 1 is 0.725 bits per heavy atom. The summed E-state index contributed by atoms with van der Waals surface area (Å²) in [7, 11) is 3.23. The molecular formula is C33H36N2O5. The summed E-state index contributed by atoms with van der Waals surface area (Å²) in [6, 6.07) is 30.9. The highest BCUT2D eigenvalue weighted by Gasteiger charge is 2.16. The summed E-state index contributed by atoms with van der Waals surface area (Å²) < 4.78 is 22.4. The number of methoxy groups -OCH3 is 2. The molecule has 7 nitrogen and oxygen atoms in total. The van der Waals surface area contributed by atoms with Gasteiger partial charge in [0.1, 0.15) is 18.1 Å². The second-order valence-electron chi connectivity index (χ2n) is 9.17. The van der Waals surface area contributed by atoms with E-state index in [0.29, 0.717) is 49.9 Å². The Labute approximate surface area is 236 Å². The van der Waals surface area contributed by atoms with Crippen molar-refractivity contribution in [3.8, 4) is 23.0 Å². The van der Waals surface area contributed by atoms with Crippen molar-refractivity contribution in [3.63, 3.8) is 0 Å². The Morgan fingerprint density at radius 2 is 1.48 bits per heavy atom. The third-order valence-electron chi connectivity index (χ3n) is 6.34. The third kappa shape index (κ3) is 8.17. The molecular weight excluding hydrogens is 504 g/mol. The van der Waals surface area contributed by atoms with Gasteiger partial charge in [-0.1, -0.05) is 48.5 Å². The van der Waals surface area contributed by atoms with Gasteiger partial charge in [-0.25, -0.2) is 4.79 Å². The van der Waals surface area contributed by atoms with Crippen LogP contribution in [-0.2, 0) is 19.6 Å². The minimum absolute atomic E-state index is 0.194. The summed E-state index contributed by atoms with van der Waals surface area (Å²) in [6.45, 7) is 3.91. The molecule has 0 radical (unpaired) electrons. The number of urea groups is 1. The summed E-state index contributed by atoms with van der Waals surface area (Å²) in [5, 5.41) is 3.03. The molecule has 40 heavy (non-hydrogen) atoms. The van der Waals surface area contributed by atoms with Crippen LogP contribution >= 0.6 is 0 Å². The molecule has 4 aromatic carbocycles. The number of ether oxygens (including phenoxy) is 4. The van der Waals surface area contributed by atoms with Crippen LogP contribution in [0.4, 0.5) is 10.5 Å². The van der Waals surface area contributed by atoms with Crippen molar-refractivity contribution < 1.29 is 23.7 Å². The zero-order valence-electron chi connectivity index (χ0n) is 23.3. The summed E-state index contributed by atoms with van der Waals surface area (Å²) in [5.74, 6) is 2.85. The quantitative estimate of drug-likeness (QED) is 0.199. The molecule has 4 rings (SSSR count). The topological polar surface area (TPSA) is 69.3 Å². The maximum absolute atomic E-state index is 13.5. The Balaban J connectivity index is 1.48. The monoisotopic (exact) mass is 540 g/mol. The SMILES string of the molecule is CCOc1ccc(NC(=O)N(CCc2ccc(OC)c(OC)c2)Cc2cccc(OCc3ccccc3)c2)cc1. The molecule has 208 valence electrons. The normalized spacial score (nSPS) is 10.5. The second-order valence-corrected chi connectivity index (χ2v) is 9.17. The number of hydrogen-bond acceptors (Lipinski definition) is 5. The average molecular weight is 541 g/mol. The van der Waals surface area contributed by atoms with E-state index in [2.05, 4.69) is 5.32 Å². The highest BCUT2D eigenvalue weighted by molar-refractivity contribution is 5.89. The van der Waals surface area contributed by atoms with Gasteiger partial charge in [0, 0.05) is 18.8 Å². The van der Waals surface area contributed by atoms with Gasteiger partial charge in [0.15, 0.2) is 11.5 Å². The van der Waals surface area contributed by atoms with E-state index in [1.54, 1.807) is 19.1 Å². The standard InChI is InChI=1S/C33H36N2O5/c1-4-39-29-16-14-28(15-17-29)34-33(36)35(20-19-25-13-18-31(37-2)32(22-25)38-3)23-27-11-8-12-30(21-27)40-24-26-9-6-5-7-10-26/h5-18,21-22H,4,19-20,23-24H2,1-3H3,(H,34,36). The van der Waals surface area contributed by atoms with Crippen LogP contribution in [0.3, 0.4) is 0 Å². The number of anilines is 1. The van der Waals surface area contributed by atoms with Crippen LogP contribution in [-0.4, -0.2) is 38.3 Å². The first-order valence-corrected chi connectivity index (χ1v) is 13.3. The summed E-state index contributed by atoms with van der Waals surface area (Å²) >= 11 is 0. The van der Waals surface area contributed by atoms with Gasteiger partial charge >= 0.3 is 6.03 Å². The van der Waals surface area contributed by atoms with Gasteiger partial charge in [-0.15, -0.1) is 0 Å². The Hall–Kier alpha value is -4.65. The van der Waals surface area contributed by atoms with E-state index in [1.165, 1.54) is 0 Å². The van der Waals surface area contributed by atoms with Crippen LogP contribution in [0.15, 0.2) is 97.1 Å². The number of benzene rings is 4. The minimum Gasteiger partial charge on any atom is -0.494 e. The molecule has 0 bridgehead atoms. The first-order valence-electron chi connectivity index (χ1n) is 13.3. The van der Waals surface area contributed by atoms with E-state index >= 15 is 0 Å². The van der Waals surface area contributed by atoms with Crippen molar-refractivity contribution in [2.45, 2.75) is 26.5 Å². The number of nitrogens with one attached hydrogen (secondary N) is 1. The summed E-state index contributed by atoms with van der Waals surface area (Å²) in [4.78, 5) is 15.3. The second kappa shape index (κ2) is 14.5. The zero-order chi connectivity index (χ0) is 28.2. The van der Waals surface area contributed by atoms with Crippen LogP contribution in [0.1, 0.15) is 23.6 Å². The van der Waals surface area contributed by atoms with E-state index in [4.69, 9.17) is 18.9 Å². The predicted molar refractivity (Wildman–Crippen MR) is 158 cm³/mol. The molecule has 0 fully saturated rings. The molecule has 4 aromatic rings. The predicted octanol–water partition coefficient (Wildman–Crippen LogP) is 6.96. The van der Waals surface area contributed by atoms with Crippen molar-refractivity contribution >= 4 is 11.7 Å². The molecule has 0 aromatic heterocycles. The van der Waals surface area contributed by atoms with Crippen molar-refractivity contribution in [2.24, 2.45) is 0 Å². The van der Waals surface area contributed by atoms with E-state index in [1.807, 2.05) is 104 Å². The zero-order valence-corrected chi connectivity index (χ0v) is 23.3. The number of carbonyl (C=O) groups excluding carboxylic acids is 1. The maximum Gasteiger partial charge on any atom is 0.322 e. The molecule has 1 N–H and O–H groups in total. The Morgan fingerprint density at radius 3 is 2.20 bits per heavy atom. The Bertz CT molecular complexity index is 1360. The van der Waals surface area contributed by atoms with Gasteiger partial charge in [0.05, 0.1) is 20.8 Å². The van der Waals surface area contributed by atoms with E-state index in [9.17, 15) is 4.79 Å². The van der Waals surface area contributed by atoms with E-state index < -0.39 is 0 Å². The number of rotatable bonds is 13. The lowest BCUT2D eigenvalue weighted by molar-refractivity contribution is 0.209. The molecule has 2 amide bonds. The van der Waals surface area contributed by atoms with E-state index in [-0.39, 0.29) is 6.03 Å². The first-order chi connectivity index (χ1) is 19.6. The molecule has 0 atom stereocenters. The first kappa shape index (κ1) is 28.4. The number of carbonyl (C=O) groups is 1. The molecule has 0 aliphatic heterocycles. The molecule has 0 unspecified atom stereocenters. The molecule has 0 heterocycles. The summed E-state index contributed by atoms with van der Waals surface area (Å²) in [6.07, 6.45) is 0.640. The number of amides is 2. The van der Waals surface area contributed by atoms with Crippen LogP contribution < -0.4 is 24.3 Å². The van der Waals surface area contributed by atoms with Crippen molar-refractivity contribution in [1.82, 2.24) is 4.90 Å². The van der Waals surface area contributed by atoms with Gasteiger partial charge in [-0.05, 0) is 78.6 Å². The van der Waals surface area contributed by atoms with Gasteiger partial charge in [0.25, 0.3) is 0 Å². The van der Waals surface area contributed by atoms with Gasteiger partial charge < -0.3 is 29.2 Å². The smallest absolute Gasteiger partial charge is 0.322 e. The fourth-order valence-electron chi connectivity index (χ4n) is 4.25. The van der Waals surface area contributed by atoms with Crippen molar-refractivity contribution in [3.05, 3.63) is 114 Å². The average Bonchev–Trinajstić information content (AvgIpc) is 2.99. The highest BCUT2D eigenvalue weighted by atomic mass is 16.5. The van der Waals surface area contributed by atoms with E-state index in [0.717, 1.165) is 28.2 Å². The van der Waals surface area contributed by atoms with Crippen LogP contribution in [0.2, 0.25) is 0 Å². The van der Waals surface area contributed by atoms with Gasteiger partial charge in [0.2, 0.25) is 0 Å². The minimum atomic E-state index is -0.194. The molecule has 0 aliphatic rings. The number of nitrogens with zero attached hydrogens (tertiary/aromatic N) is 1. The van der Waals surface area contributed by atoms with Gasteiger partial charge in [-0.3, -0.25) is 0 Å². The lowest BCUT2D eigenvalue weighted by Gasteiger charge is -2.24. The van der Waals surface area contributed by atoms with Crippen LogP contribution in [0.25, 0.3) is 0 Å². The lowest BCUT2D eigenvalue weighted by atomic mass is 10.1. The molecule has 0 saturated carbocycles. The molecule has 0 saturated heterocycles. The maximum atomic E-state index is 13.5. The third-order valence-corrected chi connectivity index (χ3v) is 6.34. The molecule has 0 spiro atoms. The van der Waals surface area contributed by atoms with Crippen LogP contribution in [0.5, 0.6) is 23.0 Å². The van der Waals surface area contributed by atoms with Gasteiger partial charge in [-0.2, -0.15) is 0 Å². The Kier molecular flexibility index (Phi) is 10.3. The number of hydrogen-bond donors (Lipinski definition) is 1.